The van der Waals surface area contributed by atoms with E-state index in [1.807, 2.05) is 18.2 Å². The molecule has 4 heteroatoms. The SMILES string of the molecule is CC(C)(C)C(CCO)NC(=O)C1CNCc2ccccc21. The zero-order valence-corrected chi connectivity index (χ0v) is 13.1. The zero-order chi connectivity index (χ0) is 15.5. The number of nitrogens with one attached hydrogen (secondary N) is 2. The minimum Gasteiger partial charge on any atom is -0.396 e. The summed E-state index contributed by atoms with van der Waals surface area (Å²) in [4.78, 5) is 12.7. The van der Waals surface area contributed by atoms with Crippen molar-refractivity contribution in [2.75, 3.05) is 13.2 Å². The Hall–Kier alpha value is -1.39. The monoisotopic (exact) mass is 290 g/mol. The lowest BCUT2D eigenvalue weighted by molar-refractivity contribution is -0.124. The van der Waals surface area contributed by atoms with Crippen LogP contribution < -0.4 is 10.6 Å². The third-order valence-electron chi connectivity index (χ3n) is 4.19. The van der Waals surface area contributed by atoms with E-state index in [4.69, 9.17) is 0 Å². The molecule has 1 aromatic carbocycles. The van der Waals surface area contributed by atoms with Gasteiger partial charge in [-0.1, -0.05) is 45.0 Å². The van der Waals surface area contributed by atoms with Gasteiger partial charge < -0.3 is 15.7 Å². The Kier molecular flexibility index (Phi) is 5.01. The molecule has 1 amide bonds. The lowest BCUT2D eigenvalue weighted by Crippen LogP contribution is -2.48. The molecule has 116 valence electrons. The first-order valence-electron chi connectivity index (χ1n) is 7.63. The van der Waals surface area contributed by atoms with Gasteiger partial charge in [0.05, 0.1) is 5.92 Å². The number of aliphatic hydroxyl groups is 1. The van der Waals surface area contributed by atoms with Crippen LogP contribution in [0.25, 0.3) is 0 Å². The number of hydrogen-bond acceptors (Lipinski definition) is 3. The summed E-state index contributed by atoms with van der Waals surface area (Å²) in [6.45, 7) is 7.82. The van der Waals surface area contributed by atoms with Gasteiger partial charge in [0.2, 0.25) is 5.91 Å². The van der Waals surface area contributed by atoms with Crippen LogP contribution >= 0.6 is 0 Å². The van der Waals surface area contributed by atoms with E-state index in [9.17, 15) is 9.90 Å². The van der Waals surface area contributed by atoms with E-state index < -0.39 is 0 Å². The summed E-state index contributed by atoms with van der Waals surface area (Å²) < 4.78 is 0. The second-order valence-electron chi connectivity index (χ2n) is 6.82. The molecule has 2 atom stereocenters. The van der Waals surface area contributed by atoms with Crippen molar-refractivity contribution in [1.29, 1.82) is 0 Å². The predicted octanol–water partition coefficient (Wildman–Crippen LogP) is 1.79. The fourth-order valence-corrected chi connectivity index (χ4v) is 2.85. The number of amides is 1. The second kappa shape index (κ2) is 6.58. The first kappa shape index (κ1) is 16.0. The molecule has 1 heterocycles. The van der Waals surface area contributed by atoms with E-state index in [1.54, 1.807) is 0 Å². The van der Waals surface area contributed by atoms with Crippen molar-refractivity contribution in [3.05, 3.63) is 35.4 Å². The normalized spacial score (nSPS) is 19.7. The second-order valence-corrected chi connectivity index (χ2v) is 6.82. The van der Waals surface area contributed by atoms with Crippen LogP contribution in [-0.4, -0.2) is 30.2 Å². The molecular formula is C17H26N2O2. The molecule has 3 N–H and O–H groups in total. The van der Waals surface area contributed by atoms with Gasteiger partial charge >= 0.3 is 0 Å². The maximum atomic E-state index is 12.7. The Morgan fingerprint density at radius 3 is 2.81 bits per heavy atom. The third kappa shape index (κ3) is 3.83. The van der Waals surface area contributed by atoms with Gasteiger partial charge in [0.25, 0.3) is 0 Å². The number of hydrogen-bond donors (Lipinski definition) is 3. The Balaban J connectivity index is 2.14. The maximum Gasteiger partial charge on any atom is 0.229 e. The smallest absolute Gasteiger partial charge is 0.229 e. The summed E-state index contributed by atoms with van der Waals surface area (Å²) in [7, 11) is 0. The highest BCUT2D eigenvalue weighted by Gasteiger charge is 2.31. The molecule has 0 aliphatic carbocycles. The largest absolute Gasteiger partial charge is 0.396 e. The Morgan fingerprint density at radius 2 is 2.14 bits per heavy atom. The van der Waals surface area contributed by atoms with E-state index in [0.717, 1.165) is 12.1 Å². The minimum absolute atomic E-state index is 0.0240. The first-order chi connectivity index (χ1) is 9.93. The molecule has 2 rings (SSSR count). The summed E-state index contributed by atoms with van der Waals surface area (Å²) >= 11 is 0. The average molecular weight is 290 g/mol. The molecule has 0 saturated heterocycles. The van der Waals surface area contributed by atoms with Gasteiger partial charge in [-0.05, 0) is 23.0 Å². The van der Waals surface area contributed by atoms with Crippen LogP contribution in [0.2, 0.25) is 0 Å². The number of aliphatic hydroxyl groups excluding tert-OH is 1. The fraction of sp³-hybridized carbons (Fsp3) is 0.588. The van der Waals surface area contributed by atoms with E-state index in [-0.39, 0.29) is 29.9 Å². The van der Waals surface area contributed by atoms with Crippen LogP contribution in [0.3, 0.4) is 0 Å². The summed E-state index contributed by atoms with van der Waals surface area (Å²) in [6, 6.07) is 8.07. The fourth-order valence-electron chi connectivity index (χ4n) is 2.85. The van der Waals surface area contributed by atoms with Crippen molar-refractivity contribution in [2.24, 2.45) is 5.41 Å². The van der Waals surface area contributed by atoms with Crippen LogP contribution in [0.4, 0.5) is 0 Å². The molecule has 1 aliphatic rings. The number of carbonyl (C=O) groups excluding carboxylic acids is 1. The summed E-state index contributed by atoms with van der Waals surface area (Å²) in [5.74, 6) is -0.110. The molecule has 0 radical (unpaired) electrons. The molecule has 0 saturated carbocycles. The molecule has 2 unspecified atom stereocenters. The van der Waals surface area contributed by atoms with Crippen molar-refractivity contribution >= 4 is 5.91 Å². The van der Waals surface area contributed by atoms with Crippen molar-refractivity contribution in [2.45, 2.75) is 45.7 Å². The van der Waals surface area contributed by atoms with Gasteiger partial charge in [0, 0.05) is 25.7 Å². The van der Waals surface area contributed by atoms with Gasteiger partial charge in [0.15, 0.2) is 0 Å². The Bertz CT molecular complexity index is 494. The maximum absolute atomic E-state index is 12.7. The van der Waals surface area contributed by atoms with Crippen molar-refractivity contribution in [3.8, 4) is 0 Å². The lowest BCUT2D eigenvalue weighted by Gasteiger charge is -2.34. The van der Waals surface area contributed by atoms with Gasteiger partial charge in [-0.25, -0.2) is 0 Å². The van der Waals surface area contributed by atoms with E-state index in [0.29, 0.717) is 13.0 Å². The van der Waals surface area contributed by atoms with Crippen LogP contribution in [0, 0.1) is 5.41 Å². The number of fused-ring (bicyclic) bond motifs is 1. The van der Waals surface area contributed by atoms with E-state index in [1.165, 1.54) is 5.56 Å². The average Bonchev–Trinajstić information content (AvgIpc) is 2.45. The van der Waals surface area contributed by atoms with Crippen LogP contribution in [0.15, 0.2) is 24.3 Å². The molecule has 0 spiro atoms. The lowest BCUT2D eigenvalue weighted by atomic mass is 9.83. The standard InChI is InChI=1S/C17H26N2O2/c1-17(2,3)15(8-9-20)19-16(21)14-11-18-10-12-6-4-5-7-13(12)14/h4-7,14-15,18,20H,8-11H2,1-3H3,(H,19,21). The van der Waals surface area contributed by atoms with Crippen LogP contribution in [0.5, 0.6) is 0 Å². The minimum atomic E-state index is -0.154. The highest BCUT2D eigenvalue weighted by molar-refractivity contribution is 5.85. The Morgan fingerprint density at radius 1 is 1.43 bits per heavy atom. The van der Waals surface area contributed by atoms with Crippen LogP contribution in [-0.2, 0) is 11.3 Å². The molecule has 1 aliphatic heterocycles. The highest BCUT2D eigenvalue weighted by atomic mass is 16.3. The topological polar surface area (TPSA) is 61.4 Å². The number of benzene rings is 1. The molecule has 0 bridgehead atoms. The summed E-state index contributed by atoms with van der Waals surface area (Å²) in [6.07, 6.45) is 0.580. The van der Waals surface area contributed by atoms with E-state index in [2.05, 4.69) is 37.5 Å². The van der Waals surface area contributed by atoms with Crippen LogP contribution in [0.1, 0.15) is 44.2 Å². The summed E-state index contributed by atoms with van der Waals surface area (Å²) in [5, 5.41) is 15.7. The van der Waals surface area contributed by atoms with Crippen molar-refractivity contribution in [1.82, 2.24) is 10.6 Å². The zero-order valence-electron chi connectivity index (χ0n) is 13.1. The number of rotatable bonds is 4. The quantitative estimate of drug-likeness (QED) is 0.792. The molecule has 21 heavy (non-hydrogen) atoms. The molecule has 0 aromatic heterocycles. The van der Waals surface area contributed by atoms with Gasteiger partial charge in [-0.3, -0.25) is 4.79 Å². The van der Waals surface area contributed by atoms with Crippen molar-refractivity contribution in [3.63, 3.8) is 0 Å². The van der Waals surface area contributed by atoms with Gasteiger partial charge in [-0.2, -0.15) is 0 Å². The molecular weight excluding hydrogens is 264 g/mol. The molecule has 4 nitrogen and oxygen atoms in total. The van der Waals surface area contributed by atoms with Gasteiger partial charge in [-0.15, -0.1) is 0 Å². The van der Waals surface area contributed by atoms with Gasteiger partial charge in [0.1, 0.15) is 0 Å². The predicted molar refractivity (Wildman–Crippen MR) is 84.0 cm³/mol. The molecule has 0 fully saturated rings. The van der Waals surface area contributed by atoms with E-state index >= 15 is 0 Å². The third-order valence-corrected chi connectivity index (χ3v) is 4.19. The Labute approximate surface area is 126 Å². The number of carbonyl (C=O) groups is 1. The van der Waals surface area contributed by atoms with Crippen molar-refractivity contribution < 1.29 is 9.90 Å². The highest BCUT2D eigenvalue weighted by Crippen LogP contribution is 2.26. The molecule has 1 aromatic rings. The summed E-state index contributed by atoms with van der Waals surface area (Å²) in [5.41, 5.74) is 2.24. The first-order valence-corrected chi connectivity index (χ1v) is 7.63.